The molecule has 8 bridgehead atoms. The molecular formula is C47H34N4. The van der Waals surface area contributed by atoms with E-state index in [1.165, 1.54) is 5.56 Å². The molecule has 2 aliphatic heterocycles. The van der Waals surface area contributed by atoms with E-state index >= 15 is 0 Å². The molecule has 4 nitrogen and oxygen atoms in total. The molecule has 2 N–H and O–H groups in total. The first kappa shape index (κ1) is 30.3. The van der Waals surface area contributed by atoms with Crippen LogP contribution in [0.3, 0.4) is 0 Å². The Morgan fingerprint density at radius 2 is 0.706 bits per heavy atom. The van der Waals surface area contributed by atoms with Crippen LogP contribution in [0, 0.1) is 0 Å². The van der Waals surface area contributed by atoms with Crippen LogP contribution in [0.4, 0.5) is 0 Å². The van der Waals surface area contributed by atoms with Gasteiger partial charge in [0, 0.05) is 44.3 Å². The van der Waals surface area contributed by atoms with Crippen LogP contribution in [0.15, 0.2) is 152 Å². The molecule has 4 heteroatoms. The standard InChI is InChI=1S/C47H34N4/c1-2-12-31-19-21-35(22-20-31)47-42-29-27-40(50-42)45(33-15-8-4-9-16-33)38-25-23-36(48-38)44(32-13-6-3-7-14-32)37-24-26-39(49-37)46(34-17-10-5-11-18-34)41-28-30-43(47)51-41/h2-11,13-30,48,51H,1,12H2. The van der Waals surface area contributed by atoms with Crippen LogP contribution in [0.25, 0.3) is 90.9 Å². The maximum Gasteiger partial charge on any atom is 0.0737 e. The van der Waals surface area contributed by atoms with E-state index in [1.807, 2.05) is 6.08 Å². The third kappa shape index (κ3) is 5.63. The van der Waals surface area contributed by atoms with Crippen molar-refractivity contribution in [1.82, 2.24) is 19.9 Å². The summed E-state index contributed by atoms with van der Waals surface area (Å²) in [6.07, 6.45) is 11.3. The molecule has 242 valence electrons. The Morgan fingerprint density at radius 3 is 1.02 bits per heavy atom. The largest absolute Gasteiger partial charge is 0.354 e. The minimum absolute atomic E-state index is 0.821. The third-order valence-corrected chi connectivity index (χ3v) is 9.56. The number of H-pyrrole nitrogens is 2. The molecule has 7 aromatic rings. The SMILES string of the molecule is C=CCc1ccc(-c2c3nc(c(-c4ccccc4)c4ccc([nH]4)c(-c4ccccc4)c4nc(c(-c5ccccc5)c5ccc2[nH]5)C=C4)C=C3)cc1. The number of hydrogen-bond donors (Lipinski definition) is 2. The zero-order valence-corrected chi connectivity index (χ0v) is 28.0. The predicted octanol–water partition coefficient (Wildman–Crippen LogP) is 12.1. The van der Waals surface area contributed by atoms with Gasteiger partial charge in [0.05, 0.1) is 22.8 Å². The molecule has 9 rings (SSSR count). The number of nitrogens with zero attached hydrogens (tertiary/aromatic N) is 2. The smallest absolute Gasteiger partial charge is 0.0737 e. The molecule has 0 unspecified atom stereocenters. The molecule has 0 spiro atoms. The van der Waals surface area contributed by atoms with Gasteiger partial charge in [0.1, 0.15) is 0 Å². The van der Waals surface area contributed by atoms with Gasteiger partial charge >= 0.3 is 0 Å². The summed E-state index contributed by atoms with van der Waals surface area (Å²) in [6, 6.07) is 48.9. The van der Waals surface area contributed by atoms with Crippen LogP contribution >= 0.6 is 0 Å². The number of aromatic amines is 2. The van der Waals surface area contributed by atoms with Crippen LogP contribution < -0.4 is 0 Å². The summed E-state index contributed by atoms with van der Waals surface area (Å²) in [5, 5.41) is 0. The lowest BCUT2D eigenvalue weighted by Crippen LogP contribution is -1.90. The van der Waals surface area contributed by atoms with E-state index in [1.54, 1.807) is 0 Å². The highest BCUT2D eigenvalue weighted by atomic mass is 14.8. The van der Waals surface area contributed by atoms with E-state index in [2.05, 4.69) is 180 Å². The van der Waals surface area contributed by atoms with Gasteiger partial charge < -0.3 is 9.97 Å². The predicted molar refractivity (Wildman–Crippen MR) is 215 cm³/mol. The topological polar surface area (TPSA) is 57.4 Å². The Labute approximate surface area is 296 Å². The van der Waals surface area contributed by atoms with Crippen LogP contribution in [0.2, 0.25) is 0 Å². The molecule has 2 aliphatic rings. The highest BCUT2D eigenvalue weighted by Gasteiger charge is 2.18. The lowest BCUT2D eigenvalue weighted by molar-refractivity contribution is 1.27. The van der Waals surface area contributed by atoms with Gasteiger partial charge in [-0.05, 0) is 82.8 Å². The van der Waals surface area contributed by atoms with E-state index in [4.69, 9.17) is 9.97 Å². The molecule has 5 heterocycles. The second-order valence-electron chi connectivity index (χ2n) is 12.8. The number of fused-ring (bicyclic) bond motifs is 8. The van der Waals surface area contributed by atoms with Gasteiger partial charge in [0.2, 0.25) is 0 Å². The minimum atomic E-state index is 0.821. The highest BCUT2D eigenvalue weighted by Crippen LogP contribution is 2.38. The zero-order chi connectivity index (χ0) is 34.1. The number of benzene rings is 4. The molecule has 0 amide bonds. The Morgan fingerprint density at radius 1 is 0.392 bits per heavy atom. The van der Waals surface area contributed by atoms with Crippen LogP contribution in [0.1, 0.15) is 28.3 Å². The molecule has 0 saturated heterocycles. The average molecular weight is 655 g/mol. The van der Waals surface area contributed by atoms with Crippen LogP contribution in [-0.4, -0.2) is 19.9 Å². The van der Waals surface area contributed by atoms with Crippen molar-refractivity contribution in [3.8, 4) is 44.5 Å². The molecule has 3 aromatic heterocycles. The Bertz CT molecular complexity index is 2600. The lowest BCUT2D eigenvalue weighted by Gasteiger charge is -2.07. The van der Waals surface area contributed by atoms with Crippen LogP contribution in [0.5, 0.6) is 0 Å². The van der Waals surface area contributed by atoms with Crippen molar-refractivity contribution in [3.05, 3.63) is 181 Å². The highest BCUT2D eigenvalue weighted by molar-refractivity contribution is 5.99. The number of allylic oxidation sites excluding steroid dienone is 1. The molecular weight excluding hydrogens is 621 g/mol. The summed E-state index contributed by atoms with van der Waals surface area (Å²) in [5.41, 5.74) is 17.3. The van der Waals surface area contributed by atoms with Gasteiger partial charge in [-0.2, -0.15) is 0 Å². The van der Waals surface area contributed by atoms with Crippen molar-refractivity contribution in [2.45, 2.75) is 6.42 Å². The fraction of sp³-hybridized carbons (Fsp3) is 0.0213. The molecule has 4 aromatic carbocycles. The minimum Gasteiger partial charge on any atom is -0.354 e. The molecule has 0 radical (unpaired) electrons. The van der Waals surface area contributed by atoms with E-state index in [-0.39, 0.29) is 0 Å². The van der Waals surface area contributed by atoms with Gasteiger partial charge in [-0.25, -0.2) is 9.97 Å². The van der Waals surface area contributed by atoms with E-state index < -0.39 is 0 Å². The summed E-state index contributed by atoms with van der Waals surface area (Å²) in [5.74, 6) is 0. The van der Waals surface area contributed by atoms with E-state index in [0.717, 1.165) is 95.8 Å². The molecule has 0 saturated carbocycles. The van der Waals surface area contributed by atoms with Gasteiger partial charge in [0.15, 0.2) is 0 Å². The van der Waals surface area contributed by atoms with Gasteiger partial charge in [0.25, 0.3) is 0 Å². The molecule has 0 atom stereocenters. The maximum atomic E-state index is 5.39. The third-order valence-electron chi connectivity index (χ3n) is 9.56. The van der Waals surface area contributed by atoms with Crippen molar-refractivity contribution in [3.63, 3.8) is 0 Å². The summed E-state index contributed by atoms with van der Waals surface area (Å²) in [6.45, 7) is 3.93. The van der Waals surface area contributed by atoms with Gasteiger partial charge in [-0.1, -0.05) is 121 Å². The van der Waals surface area contributed by atoms with Crippen molar-refractivity contribution in [2.24, 2.45) is 0 Å². The second-order valence-corrected chi connectivity index (χ2v) is 12.8. The Kier molecular flexibility index (Phi) is 7.67. The lowest BCUT2D eigenvalue weighted by atomic mass is 10.0. The van der Waals surface area contributed by atoms with Crippen LogP contribution in [-0.2, 0) is 6.42 Å². The number of nitrogens with one attached hydrogen (secondary N) is 2. The maximum absolute atomic E-state index is 5.39. The monoisotopic (exact) mass is 654 g/mol. The van der Waals surface area contributed by atoms with E-state index in [9.17, 15) is 0 Å². The molecule has 0 aliphatic carbocycles. The Hall–Kier alpha value is -6.78. The summed E-state index contributed by atoms with van der Waals surface area (Å²) < 4.78 is 0. The van der Waals surface area contributed by atoms with Crippen molar-refractivity contribution >= 4 is 46.4 Å². The number of hydrogen-bond acceptors (Lipinski definition) is 2. The van der Waals surface area contributed by atoms with Crippen molar-refractivity contribution in [2.75, 3.05) is 0 Å². The fourth-order valence-corrected chi connectivity index (χ4v) is 7.21. The first-order valence-corrected chi connectivity index (χ1v) is 17.3. The average Bonchev–Trinajstić information content (AvgIpc) is 4.02. The summed E-state index contributed by atoms with van der Waals surface area (Å²) >= 11 is 0. The molecule has 0 fully saturated rings. The van der Waals surface area contributed by atoms with Crippen molar-refractivity contribution in [1.29, 1.82) is 0 Å². The first-order chi connectivity index (χ1) is 25.2. The van der Waals surface area contributed by atoms with Gasteiger partial charge in [-0.3, -0.25) is 0 Å². The Balaban J connectivity index is 1.45. The number of rotatable bonds is 6. The quantitative estimate of drug-likeness (QED) is 0.175. The van der Waals surface area contributed by atoms with E-state index in [0.29, 0.717) is 0 Å². The van der Waals surface area contributed by atoms with Gasteiger partial charge in [-0.15, -0.1) is 6.58 Å². The second kappa shape index (κ2) is 12.9. The summed E-state index contributed by atoms with van der Waals surface area (Å²) in [4.78, 5) is 18.4. The fourth-order valence-electron chi connectivity index (χ4n) is 7.21. The van der Waals surface area contributed by atoms with Crippen molar-refractivity contribution < 1.29 is 0 Å². The zero-order valence-electron chi connectivity index (χ0n) is 28.0. The normalized spacial score (nSPS) is 11.9. The first-order valence-electron chi connectivity index (χ1n) is 17.3. The number of aromatic nitrogens is 4. The molecule has 51 heavy (non-hydrogen) atoms. The summed E-state index contributed by atoms with van der Waals surface area (Å²) in [7, 11) is 0.